The average molecular weight is 359 g/mol. The first-order chi connectivity index (χ1) is 12.2. The molecule has 1 fully saturated rings. The SMILES string of the molecule is Cn1c(Cn2cncn2)nnc1C1CCN(c2ccc(Cl)cn2)CC1. The third-order valence-electron chi connectivity index (χ3n) is 4.66. The Bertz CT molecular complexity index is 818. The summed E-state index contributed by atoms with van der Waals surface area (Å²) >= 11 is 5.92. The molecule has 4 rings (SSSR count). The Hall–Kier alpha value is -2.48. The Morgan fingerprint density at radius 1 is 1.20 bits per heavy atom. The van der Waals surface area contributed by atoms with Crippen LogP contribution in [0.5, 0.6) is 0 Å². The van der Waals surface area contributed by atoms with E-state index in [0.29, 0.717) is 17.5 Å². The molecule has 8 nitrogen and oxygen atoms in total. The minimum absolute atomic E-state index is 0.408. The van der Waals surface area contributed by atoms with Crippen molar-refractivity contribution in [1.82, 2.24) is 34.5 Å². The van der Waals surface area contributed by atoms with Crippen molar-refractivity contribution in [2.24, 2.45) is 7.05 Å². The Morgan fingerprint density at radius 2 is 2.04 bits per heavy atom. The topological polar surface area (TPSA) is 77.5 Å². The quantitative estimate of drug-likeness (QED) is 0.708. The Balaban J connectivity index is 1.42. The summed E-state index contributed by atoms with van der Waals surface area (Å²) in [5.41, 5.74) is 0. The lowest BCUT2D eigenvalue weighted by atomic mass is 9.96. The van der Waals surface area contributed by atoms with Gasteiger partial charge in [0.05, 0.1) is 5.02 Å². The van der Waals surface area contributed by atoms with Crippen LogP contribution in [0.1, 0.15) is 30.4 Å². The summed E-state index contributed by atoms with van der Waals surface area (Å²) in [5.74, 6) is 3.32. The number of rotatable bonds is 4. The van der Waals surface area contributed by atoms with Crippen molar-refractivity contribution >= 4 is 17.4 Å². The van der Waals surface area contributed by atoms with Crippen LogP contribution in [-0.4, -0.2) is 47.6 Å². The van der Waals surface area contributed by atoms with Gasteiger partial charge in [-0.2, -0.15) is 5.10 Å². The van der Waals surface area contributed by atoms with E-state index in [9.17, 15) is 0 Å². The Morgan fingerprint density at radius 3 is 2.72 bits per heavy atom. The minimum atomic E-state index is 0.408. The van der Waals surface area contributed by atoms with Crippen LogP contribution in [0.4, 0.5) is 5.82 Å². The zero-order valence-electron chi connectivity index (χ0n) is 14.0. The van der Waals surface area contributed by atoms with Gasteiger partial charge in [0.25, 0.3) is 0 Å². The second kappa shape index (κ2) is 6.79. The maximum atomic E-state index is 5.92. The molecule has 1 aliphatic heterocycles. The van der Waals surface area contributed by atoms with Crippen LogP contribution < -0.4 is 4.90 Å². The highest BCUT2D eigenvalue weighted by molar-refractivity contribution is 6.30. The molecule has 25 heavy (non-hydrogen) atoms. The maximum Gasteiger partial charge on any atom is 0.154 e. The molecule has 0 atom stereocenters. The fourth-order valence-corrected chi connectivity index (χ4v) is 3.36. The van der Waals surface area contributed by atoms with Crippen LogP contribution in [0.2, 0.25) is 5.02 Å². The van der Waals surface area contributed by atoms with Crippen molar-refractivity contribution in [2.75, 3.05) is 18.0 Å². The molecule has 3 aromatic heterocycles. The fraction of sp³-hybridized carbons (Fsp3) is 0.438. The molecule has 0 N–H and O–H groups in total. The number of hydrogen-bond donors (Lipinski definition) is 0. The Labute approximate surface area is 150 Å². The third kappa shape index (κ3) is 3.34. The second-order valence-corrected chi connectivity index (χ2v) is 6.66. The molecule has 0 radical (unpaired) electrons. The first-order valence-corrected chi connectivity index (χ1v) is 8.65. The van der Waals surface area contributed by atoms with E-state index in [0.717, 1.165) is 43.4 Å². The molecule has 1 aliphatic rings. The Kier molecular flexibility index (Phi) is 4.35. The van der Waals surface area contributed by atoms with Gasteiger partial charge in [-0.05, 0) is 25.0 Å². The molecular weight excluding hydrogens is 340 g/mol. The largest absolute Gasteiger partial charge is 0.357 e. The molecule has 1 saturated heterocycles. The maximum absolute atomic E-state index is 5.92. The van der Waals surface area contributed by atoms with Gasteiger partial charge in [0.15, 0.2) is 5.82 Å². The van der Waals surface area contributed by atoms with E-state index in [1.807, 2.05) is 19.2 Å². The summed E-state index contributed by atoms with van der Waals surface area (Å²) < 4.78 is 3.84. The van der Waals surface area contributed by atoms with E-state index < -0.39 is 0 Å². The van der Waals surface area contributed by atoms with Gasteiger partial charge < -0.3 is 9.47 Å². The van der Waals surface area contributed by atoms with E-state index >= 15 is 0 Å². The molecule has 0 spiro atoms. The average Bonchev–Trinajstić information content (AvgIpc) is 3.27. The molecule has 0 aromatic carbocycles. The number of piperidine rings is 1. The highest BCUT2D eigenvalue weighted by Crippen LogP contribution is 2.29. The number of aromatic nitrogens is 7. The van der Waals surface area contributed by atoms with Gasteiger partial charge in [-0.25, -0.2) is 14.6 Å². The van der Waals surface area contributed by atoms with Gasteiger partial charge in [-0.1, -0.05) is 11.6 Å². The standard InChI is InChI=1S/C16H19ClN8/c1-23-15(9-25-11-18-10-20-25)21-22-16(23)12-4-6-24(7-5-12)14-3-2-13(17)8-19-14/h2-3,8,10-12H,4-7,9H2,1H3. The van der Waals surface area contributed by atoms with Gasteiger partial charge >= 0.3 is 0 Å². The van der Waals surface area contributed by atoms with E-state index in [-0.39, 0.29) is 0 Å². The smallest absolute Gasteiger partial charge is 0.154 e. The van der Waals surface area contributed by atoms with Crippen molar-refractivity contribution in [3.63, 3.8) is 0 Å². The van der Waals surface area contributed by atoms with Crippen molar-refractivity contribution in [3.8, 4) is 0 Å². The summed E-state index contributed by atoms with van der Waals surface area (Å²) in [6.45, 7) is 2.48. The summed E-state index contributed by atoms with van der Waals surface area (Å²) in [6, 6.07) is 3.86. The molecule has 130 valence electrons. The summed E-state index contributed by atoms with van der Waals surface area (Å²) in [7, 11) is 2.02. The fourth-order valence-electron chi connectivity index (χ4n) is 3.25. The third-order valence-corrected chi connectivity index (χ3v) is 4.89. The zero-order chi connectivity index (χ0) is 17.2. The summed E-state index contributed by atoms with van der Waals surface area (Å²) in [5, 5.41) is 13.6. The highest BCUT2D eigenvalue weighted by Gasteiger charge is 2.25. The number of pyridine rings is 1. The molecule has 0 bridgehead atoms. The molecule has 0 saturated carbocycles. The van der Waals surface area contributed by atoms with Crippen LogP contribution in [-0.2, 0) is 13.6 Å². The number of nitrogens with zero attached hydrogens (tertiary/aromatic N) is 8. The zero-order valence-corrected chi connectivity index (χ0v) is 14.7. The van der Waals surface area contributed by atoms with Crippen LogP contribution in [0.15, 0.2) is 31.0 Å². The van der Waals surface area contributed by atoms with Gasteiger partial charge in [0, 0.05) is 32.3 Å². The van der Waals surface area contributed by atoms with E-state index in [1.165, 1.54) is 6.33 Å². The normalized spacial score (nSPS) is 15.7. The van der Waals surface area contributed by atoms with Gasteiger partial charge in [0.2, 0.25) is 0 Å². The predicted octanol–water partition coefficient (Wildman–Crippen LogP) is 1.89. The first kappa shape index (κ1) is 16.0. The van der Waals surface area contributed by atoms with Gasteiger partial charge in [-0.15, -0.1) is 10.2 Å². The van der Waals surface area contributed by atoms with Crippen LogP contribution in [0.3, 0.4) is 0 Å². The van der Waals surface area contributed by atoms with Crippen molar-refractivity contribution in [2.45, 2.75) is 25.3 Å². The number of hydrogen-bond acceptors (Lipinski definition) is 6. The predicted molar refractivity (Wildman–Crippen MR) is 93.6 cm³/mol. The van der Waals surface area contributed by atoms with E-state index in [1.54, 1.807) is 17.2 Å². The summed E-state index contributed by atoms with van der Waals surface area (Å²) in [4.78, 5) is 10.7. The van der Waals surface area contributed by atoms with Crippen molar-refractivity contribution in [1.29, 1.82) is 0 Å². The van der Waals surface area contributed by atoms with Crippen molar-refractivity contribution in [3.05, 3.63) is 47.7 Å². The molecule has 0 amide bonds. The molecule has 0 aliphatic carbocycles. The van der Waals surface area contributed by atoms with E-state index in [2.05, 4.69) is 34.7 Å². The van der Waals surface area contributed by atoms with Gasteiger partial charge in [-0.3, -0.25) is 0 Å². The number of anilines is 1. The lowest BCUT2D eigenvalue weighted by Crippen LogP contribution is -2.34. The molecule has 4 heterocycles. The minimum Gasteiger partial charge on any atom is -0.357 e. The number of halogens is 1. The molecular formula is C16H19ClN8. The summed E-state index contributed by atoms with van der Waals surface area (Å²) in [6.07, 6.45) is 6.96. The van der Waals surface area contributed by atoms with Gasteiger partial charge in [0.1, 0.15) is 30.8 Å². The van der Waals surface area contributed by atoms with E-state index in [4.69, 9.17) is 11.6 Å². The molecule has 3 aromatic rings. The monoisotopic (exact) mass is 358 g/mol. The molecule has 9 heteroatoms. The van der Waals surface area contributed by atoms with Crippen LogP contribution in [0.25, 0.3) is 0 Å². The highest BCUT2D eigenvalue weighted by atomic mass is 35.5. The lowest BCUT2D eigenvalue weighted by molar-refractivity contribution is 0.469. The van der Waals surface area contributed by atoms with Crippen molar-refractivity contribution < 1.29 is 0 Å². The lowest BCUT2D eigenvalue weighted by Gasteiger charge is -2.32. The first-order valence-electron chi connectivity index (χ1n) is 8.28. The van der Waals surface area contributed by atoms with Crippen LogP contribution in [0, 0.1) is 0 Å². The molecule has 0 unspecified atom stereocenters. The van der Waals surface area contributed by atoms with Crippen LogP contribution >= 0.6 is 11.6 Å². The second-order valence-electron chi connectivity index (χ2n) is 6.22.